The Morgan fingerprint density at radius 3 is 2.04 bits per heavy atom. The molecule has 3 N–H and O–H groups in total. The summed E-state index contributed by atoms with van der Waals surface area (Å²) in [7, 11) is 0. The number of carbonyl (C=O) groups excluding carboxylic acids is 2. The van der Waals surface area contributed by atoms with Gasteiger partial charge in [-0.1, -0.05) is 60.7 Å². The fourth-order valence-electron chi connectivity index (χ4n) is 2.69. The molecule has 0 aromatic heterocycles. The predicted octanol–water partition coefficient (Wildman–Crippen LogP) is 1.51. The standard InChI is InChI=1S/C18H14O5/c19-14-13(11-7-3-1-4-8-11)16(21)18(23,17(14)22)15(20)12-9-5-2-6-10-12/h1-10,17,21-23H/t17-,18-/m0/s1. The van der Waals surface area contributed by atoms with Gasteiger partial charge in [0.05, 0.1) is 5.57 Å². The van der Waals surface area contributed by atoms with Crippen LogP contribution in [0, 0.1) is 0 Å². The van der Waals surface area contributed by atoms with E-state index in [2.05, 4.69) is 0 Å². The number of rotatable bonds is 3. The van der Waals surface area contributed by atoms with E-state index in [-0.39, 0.29) is 11.1 Å². The van der Waals surface area contributed by atoms with Crippen molar-refractivity contribution in [1.82, 2.24) is 0 Å². The van der Waals surface area contributed by atoms with Gasteiger partial charge < -0.3 is 15.3 Å². The molecule has 0 amide bonds. The molecule has 0 bridgehead atoms. The molecule has 2 aromatic rings. The van der Waals surface area contributed by atoms with Crippen LogP contribution in [0.25, 0.3) is 5.57 Å². The van der Waals surface area contributed by atoms with Crippen LogP contribution in [-0.2, 0) is 4.79 Å². The number of hydrogen-bond donors (Lipinski definition) is 3. The maximum absolute atomic E-state index is 12.6. The van der Waals surface area contributed by atoms with E-state index in [1.54, 1.807) is 48.5 Å². The van der Waals surface area contributed by atoms with Crippen molar-refractivity contribution in [1.29, 1.82) is 0 Å². The first-order valence-electron chi connectivity index (χ1n) is 7.01. The van der Waals surface area contributed by atoms with Crippen molar-refractivity contribution >= 4 is 17.1 Å². The zero-order valence-electron chi connectivity index (χ0n) is 12.0. The summed E-state index contributed by atoms with van der Waals surface area (Å²) in [6, 6.07) is 15.8. The lowest BCUT2D eigenvalue weighted by molar-refractivity contribution is -0.128. The van der Waals surface area contributed by atoms with Crippen LogP contribution in [-0.4, -0.2) is 38.6 Å². The van der Waals surface area contributed by atoms with E-state index in [1.165, 1.54) is 12.1 Å². The summed E-state index contributed by atoms with van der Waals surface area (Å²) >= 11 is 0. The van der Waals surface area contributed by atoms with E-state index >= 15 is 0 Å². The molecule has 1 aliphatic carbocycles. The number of hydrogen-bond acceptors (Lipinski definition) is 5. The highest BCUT2D eigenvalue weighted by molar-refractivity contribution is 6.30. The molecule has 0 fully saturated rings. The Kier molecular flexibility index (Phi) is 3.60. The van der Waals surface area contributed by atoms with Crippen molar-refractivity contribution < 1.29 is 24.9 Å². The van der Waals surface area contributed by atoms with E-state index in [0.717, 1.165) is 0 Å². The topological polar surface area (TPSA) is 94.8 Å². The largest absolute Gasteiger partial charge is 0.508 e. The Morgan fingerprint density at radius 2 is 1.48 bits per heavy atom. The molecule has 0 saturated carbocycles. The minimum Gasteiger partial charge on any atom is -0.508 e. The smallest absolute Gasteiger partial charge is 0.218 e. The van der Waals surface area contributed by atoms with E-state index < -0.39 is 29.0 Å². The van der Waals surface area contributed by atoms with Gasteiger partial charge in [0, 0.05) is 5.56 Å². The van der Waals surface area contributed by atoms with Crippen LogP contribution < -0.4 is 0 Å². The number of Topliss-reactive ketones (excluding diaryl/α,β-unsaturated/α-hetero) is 2. The molecular weight excluding hydrogens is 296 g/mol. The highest BCUT2D eigenvalue weighted by atomic mass is 16.4. The molecule has 2 aromatic carbocycles. The third-order valence-electron chi connectivity index (χ3n) is 3.93. The third kappa shape index (κ3) is 2.18. The van der Waals surface area contributed by atoms with Gasteiger partial charge in [-0.25, -0.2) is 0 Å². The summed E-state index contributed by atoms with van der Waals surface area (Å²) < 4.78 is 0. The van der Waals surface area contributed by atoms with Gasteiger partial charge in [-0.3, -0.25) is 9.59 Å². The van der Waals surface area contributed by atoms with Crippen molar-refractivity contribution in [3.05, 3.63) is 77.5 Å². The van der Waals surface area contributed by atoms with E-state index in [1.807, 2.05) is 0 Å². The zero-order valence-corrected chi connectivity index (χ0v) is 12.0. The van der Waals surface area contributed by atoms with Gasteiger partial charge in [0.2, 0.25) is 11.4 Å². The second kappa shape index (κ2) is 5.46. The monoisotopic (exact) mass is 310 g/mol. The van der Waals surface area contributed by atoms with Crippen LogP contribution in [0.1, 0.15) is 15.9 Å². The van der Waals surface area contributed by atoms with Gasteiger partial charge in [0.15, 0.2) is 11.9 Å². The van der Waals surface area contributed by atoms with Crippen LogP contribution in [0.3, 0.4) is 0 Å². The number of carbonyl (C=O) groups is 2. The first-order valence-corrected chi connectivity index (χ1v) is 7.01. The van der Waals surface area contributed by atoms with Crippen molar-refractivity contribution in [3.8, 4) is 0 Å². The summed E-state index contributed by atoms with van der Waals surface area (Å²) in [6.45, 7) is 0. The summed E-state index contributed by atoms with van der Waals surface area (Å²) in [5.41, 5.74) is -2.51. The fourth-order valence-corrected chi connectivity index (χ4v) is 2.69. The maximum atomic E-state index is 12.6. The second-order valence-corrected chi connectivity index (χ2v) is 5.32. The minimum absolute atomic E-state index is 0.0858. The van der Waals surface area contributed by atoms with Gasteiger partial charge in [-0.2, -0.15) is 0 Å². The van der Waals surface area contributed by atoms with Crippen molar-refractivity contribution in [2.24, 2.45) is 0 Å². The van der Waals surface area contributed by atoms with Crippen LogP contribution in [0.4, 0.5) is 0 Å². The first-order chi connectivity index (χ1) is 11.0. The Balaban J connectivity index is 2.14. The second-order valence-electron chi connectivity index (χ2n) is 5.32. The van der Waals surface area contributed by atoms with Crippen LogP contribution >= 0.6 is 0 Å². The quantitative estimate of drug-likeness (QED) is 0.747. The molecule has 5 heteroatoms. The fraction of sp³-hybridized carbons (Fsp3) is 0.111. The lowest BCUT2D eigenvalue weighted by atomic mass is 9.89. The highest BCUT2D eigenvalue weighted by Crippen LogP contribution is 2.39. The average molecular weight is 310 g/mol. The van der Waals surface area contributed by atoms with Crippen molar-refractivity contribution in [2.75, 3.05) is 0 Å². The van der Waals surface area contributed by atoms with Crippen LogP contribution in [0.15, 0.2) is 66.4 Å². The minimum atomic E-state index is -2.68. The Morgan fingerprint density at radius 1 is 0.957 bits per heavy atom. The van der Waals surface area contributed by atoms with Gasteiger partial charge in [0.25, 0.3) is 0 Å². The van der Waals surface area contributed by atoms with Gasteiger partial charge >= 0.3 is 0 Å². The average Bonchev–Trinajstić information content (AvgIpc) is 2.77. The molecule has 2 atom stereocenters. The van der Waals surface area contributed by atoms with Crippen molar-refractivity contribution in [2.45, 2.75) is 11.7 Å². The number of aliphatic hydroxyl groups is 3. The molecule has 0 aliphatic heterocycles. The molecule has 3 rings (SSSR count). The molecule has 1 aliphatic rings. The Bertz CT molecular complexity index is 795. The molecule has 0 spiro atoms. The van der Waals surface area contributed by atoms with Gasteiger partial charge in [0.1, 0.15) is 5.76 Å². The molecule has 0 saturated heterocycles. The Hall–Kier alpha value is -2.76. The summed E-state index contributed by atoms with van der Waals surface area (Å²) in [5.74, 6) is -2.64. The highest BCUT2D eigenvalue weighted by Gasteiger charge is 2.58. The zero-order chi connectivity index (χ0) is 16.6. The lowest BCUT2D eigenvalue weighted by Gasteiger charge is -2.24. The molecule has 5 nitrogen and oxygen atoms in total. The maximum Gasteiger partial charge on any atom is 0.218 e. The van der Waals surface area contributed by atoms with E-state index in [4.69, 9.17) is 0 Å². The summed E-state index contributed by atoms with van der Waals surface area (Å²) in [4.78, 5) is 24.8. The van der Waals surface area contributed by atoms with E-state index in [9.17, 15) is 24.9 Å². The number of aliphatic hydroxyl groups excluding tert-OH is 2. The van der Waals surface area contributed by atoms with Gasteiger partial charge in [-0.05, 0) is 5.56 Å². The van der Waals surface area contributed by atoms with Crippen LogP contribution in [0.5, 0.6) is 0 Å². The number of ketones is 2. The molecule has 0 unspecified atom stereocenters. The normalized spacial score (nSPS) is 24.1. The summed E-state index contributed by atoms with van der Waals surface area (Å²) in [5, 5.41) is 31.1. The van der Waals surface area contributed by atoms with Gasteiger partial charge in [-0.15, -0.1) is 0 Å². The molecule has 0 heterocycles. The van der Waals surface area contributed by atoms with Crippen molar-refractivity contribution in [3.63, 3.8) is 0 Å². The predicted molar refractivity (Wildman–Crippen MR) is 82.7 cm³/mol. The molecular formula is C18H14O5. The van der Waals surface area contributed by atoms with E-state index in [0.29, 0.717) is 5.56 Å². The first kappa shape index (κ1) is 15.1. The third-order valence-corrected chi connectivity index (χ3v) is 3.93. The molecule has 116 valence electrons. The molecule has 0 radical (unpaired) electrons. The Labute approximate surface area is 132 Å². The number of benzene rings is 2. The lowest BCUT2D eigenvalue weighted by Crippen LogP contribution is -2.50. The van der Waals surface area contributed by atoms with Crippen LogP contribution in [0.2, 0.25) is 0 Å². The molecule has 23 heavy (non-hydrogen) atoms. The SMILES string of the molecule is O=C1C(c2ccccc2)=C(O)[C@@](O)(C(=O)c2ccccc2)[C@H]1O. The summed E-state index contributed by atoms with van der Waals surface area (Å²) in [6.07, 6.45) is -2.05.